The molecule has 1 aromatic carbocycles. The molecule has 0 fully saturated rings. The molecule has 0 aliphatic rings. The Kier molecular flexibility index (Phi) is 3.89. The minimum Gasteiger partial charge on any atom is -0.462 e. The summed E-state index contributed by atoms with van der Waals surface area (Å²) < 4.78 is 42.7. The second-order valence-corrected chi connectivity index (χ2v) is 3.18. The quantitative estimate of drug-likeness (QED) is 0.477. The van der Waals surface area contributed by atoms with Crippen LogP contribution in [0, 0.1) is 10.1 Å². The molecule has 0 saturated heterocycles. The van der Waals surface area contributed by atoms with Gasteiger partial charge in [-0.3, -0.25) is 10.1 Å². The lowest BCUT2D eigenvalue weighted by molar-refractivity contribution is -0.388. The molecule has 0 aliphatic heterocycles. The smallest absolute Gasteiger partial charge is 0.423 e. The third-order valence-corrected chi connectivity index (χ3v) is 2.02. The molecule has 0 atom stereocenters. The number of carbonyl (C=O) groups excluding carboxylic acids is 1. The van der Waals surface area contributed by atoms with Crippen LogP contribution in [0.4, 0.5) is 18.9 Å². The van der Waals surface area contributed by atoms with Gasteiger partial charge in [-0.15, -0.1) is 0 Å². The van der Waals surface area contributed by atoms with Crippen molar-refractivity contribution in [2.24, 2.45) is 0 Å². The Labute approximate surface area is 99.3 Å². The van der Waals surface area contributed by atoms with E-state index in [1.165, 1.54) is 6.92 Å². The summed E-state index contributed by atoms with van der Waals surface area (Å²) in [6, 6.07) is 2.53. The van der Waals surface area contributed by atoms with Crippen LogP contribution in [0.25, 0.3) is 0 Å². The van der Waals surface area contributed by atoms with Crippen LogP contribution in [0.1, 0.15) is 22.8 Å². The lowest BCUT2D eigenvalue weighted by Crippen LogP contribution is -2.17. The van der Waals surface area contributed by atoms with Crippen LogP contribution in [0.15, 0.2) is 18.2 Å². The van der Waals surface area contributed by atoms with E-state index in [1.54, 1.807) is 0 Å². The standard InChI is InChI=1S/C10H8F3NO4/c1-2-18-9(15)6-4-3-5-7(14(16)17)8(6)10(11,12)13/h3-5H,2H2,1H3. The molecule has 0 bridgehead atoms. The number of rotatable bonds is 3. The van der Waals surface area contributed by atoms with Crippen molar-refractivity contribution < 1.29 is 27.6 Å². The zero-order valence-electron chi connectivity index (χ0n) is 9.15. The number of ether oxygens (including phenoxy) is 1. The fraction of sp³-hybridized carbons (Fsp3) is 0.300. The maximum atomic E-state index is 12.8. The van der Waals surface area contributed by atoms with Gasteiger partial charge in [0.1, 0.15) is 5.56 Å². The van der Waals surface area contributed by atoms with Gasteiger partial charge >= 0.3 is 12.1 Å². The van der Waals surface area contributed by atoms with E-state index in [9.17, 15) is 28.1 Å². The summed E-state index contributed by atoms with van der Waals surface area (Å²) in [6.07, 6.45) is -5.01. The van der Waals surface area contributed by atoms with Crippen LogP contribution < -0.4 is 0 Å². The Balaban J connectivity index is 3.48. The number of nitro groups is 1. The number of nitro benzene ring substituents is 1. The van der Waals surface area contributed by atoms with Crippen molar-refractivity contribution in [3.8, 4) is 0 Å². The molecule has 0 amide bonds. The zero-order chi connectivity index (χ0) is 13.9. The summed E-state index contributed by atoms with van der Waals surface area (Å²) in [7, 11) is 0. The monoisotopic (exact) mass is 263 g/mol. The SMILES string of the molecule is CCOC(=O)c1cccc([N+](=O)[O-])c1C(F)(F)F. The number of hydrogen-bond donors (Lipinski definition) is 0. The molecule has 1 rings (SSSR count). The first kappa shape index (κ1) is 13.9. The van der Waals surface area contributed by atoms with Crippen molar-refractivity contribution in [3.63, 3.8) is 0 Å². The second kappa shape index (κ2) is 5.03. The van der Waals surface area contributed by atoms with E-state index in [1.807, 2.05) is 0 Å². The van der Waals surface area contributed by atoms with Gasteiger partial charge in [0, 0.05) is 6.07 Å². The molecule has 0 spiro atoms. The number of carbonyl (C=O) groups is 1. The Hall–Kier alpha value is -2.12. The van der Waals surface area contributed by atoms with Crippen molar-refractivity contribution in [2.75, 3.05) is 6.61 Å². The van der Waals surface area contributed by atoms with E-state index in [-0.39, 0.29) is 6.61 Å². The fourth-order valence-corrected chi connectivity index (χ4v) is 1.37. The Morgan fingerprint density at radius 1 is 1.44 bits per heavy atom. The van der Waals surface area contributed by atoms with Crippen LogP contribution in [-0.4, -0.2) is 17.5 Å². The number of alkyl halides is 3. The minimum absolute atomic E-state index is 0.126. The van der Waals surface area contributed by atoms with Gasteiger partial charge in [-0.1, -0.05) is 6.07 Å². The summed E-state index contributed by atoms with van der Waals surface area (Å²) in [5, 5.41) is 10.6. The van der Waals surface area contributed by atoms with Crippen LogP contribution in [0.5, 0.6) is 0 Å². The van der Waals surface area contributed by atoms with Gasteiger partial charge < -0.3 is 4.74 Å². The van der Waals surface area contributed by atoms with Crippen molar-refractivity contribution in [1.29, 1.82) is 0 Å². The molecule has 18 heavy (non-hydrogen) atoms. The number of benzene rings is 1. The predicted octanol–water partition coefficient (Wildman–Crippen LogP) is 2.79. The van der Waals surface area contributed by atoms with Gasteiger partial charge in [0.05, 0.1) is 17.1 Å². The summed E-state index contributed by atoms with van der Waals surface area (Å²) in [6.45, 7) is 1.29. The van der Waals surface area contributed by atoms with Crippen molar-refractivity contribution in [2.45, 2.75) is 13.1 Å². The highest BCUT2D eigenvalue weighted by molar-refractivity contribution is 5.92. The second-order valence-electron chi connectivity index (χ2n) is 3.18. The number of halogens is 3. The molecule has 0 radical (unpaired) electrons. The largest absolute Gasteiger partial charge is 0.462 e. The lowest BCUT2D eigenvalue weighted by atomic mass is 10.1. The first-order chi connectivity index (χ1) is 8.29. The maximum Gasteiger partial charge on any atom is 0.423 e. The molecule has 5 nitrogen and oxygen atoms in total. The van der Waals surface area contributed by atoms with Gasteiger partial charge in [-0.25, -0.2) is 4.79 Å². The van der Waals surface area contributed by atoms with Crippen molar-refractivity contribution in [1.82, 2.24) is 0 Å². The molecular weight excluding hydrogens is 255 g/mol. The predicted molar refractivity (Wildman–Crippen MR) is 54.1 cm³/mol. The molecule has 98 valence electrons. The fourth-order valence-electron chi connectivity index (χ4n) is 1.37. The Bertz CT molecular complexity index is 485. The normalized spacial score (nSPS) is 11.1. The van der Waals surface area contributed by atoms with E-state index in [0.29, 0.717) is 6.07 Å². The molecule has 0 saturated carbocycles. The highest BCUT2D eigenvalue weighted by Gasteiger charge is 2.42. The van der Waals surface area contributed by atoms with Gasteiger partial charge in [0.25, 0.3) is 5.69 Å². The molecule has 0 N–H and O–H groups in total. The summed E-state index contributed by atoms with van der Waals surface area (Å²) in [5.74, 6) is -1.24. The highest BCUT2D eigenvalue weighted by Crippen LogP contribution is 2.38. The van der Waals surface area contributed by atoms with E-state index < -0.39 is 33.9 Å². The average Bonchev–Trinajstić information content (AvgIpc) is 2.27. The van der Waals surface area contributed by atoms with Gasteiger partial charge in [0.2, 0.25) is 0 Å². The van der Waals surface area contributed by atoms with E-state index >= 15 is 0 Å². The number of nitrogens with zero attached hydrogens (tertiary/aromatic N) is 1. The van der Waals surface area contributed by atoms with Gasteiger partial charge in [0.15, 0.2) is 0 Å². The topological polar surface area (TPSA) is 69.4 Å². The van der Waals surface area contributed by atoms with Crippen LogP contribution in [-0.2, 0) is 10.9 Å². The summed E-state index contributed by atoms with van der Waals surface area (Å²) in [4.78, 5) is 20.7. The number of esters is 1. The molecule has 0 aromatic heterocycles. The van der Waals surface area contributed by atoms with E-state index in [0.717, 1.165) is 12.1 Å². The van der Waals surface area contributed by atoms with Crippen LogP contribution in [0.3, 0.4) is 0 Å². The van der Waals surface area contributed by atoms with Crippen LogP contribution in [0.2, 0.25) is 0 Å². The highest BCUT2D eigenvalue weighted by atomic mass is 19.4. The molecule has 1 aromatic rings. The maximum absolute atomic E-state index is 12.8. The van der Waals surface area contributed by atoms with E-state index in [4.69, 9.17) is 0 Å². The average molecular weight is 263 g/mol. The summed E-state index contributed by atoms with van der Waals surface area (Å²) >= 11 is 0. The molecule has 0 unspecified atom stereocenters. The zero-order valence-corrected chi connectivity index (χ0v) is 9.15. The minimum atomic E-state index is -5.01. The van der Waals surface area contributed by atoms with Gasteiger partial charge in [-0.05, 0) is 13.0 Å². The van der Waals surface area contributed by atoms with Gasteiger partial charge in [-0.2, -0.15) is 13.2 Å². The third kappa shape index (κ3) is 2.76. The molecule has 0 aliphatic carbocycles. The van der Waals surface area contributed by atoms with Crippen molar-refractivity contribution in [3.05, 3.63) is 39.4 Å². The Morgan fingerprint density at radius 3 is 2.50 bits per heavy atom. The lowest BCUT2D eigenvalue weighted by Gasteiger charge is -2.11. The van der Waals surface area contributed by atoms with Crippen LogP contribution >= 0.6 is 0 Å². The molecule has 8 heteroatoms. The first-order valence-corrected chi connectivity index (χ1v) is 4.80. The van der Waals surface area contributed by atoms with E-state index in [2.05, 4.69) is 4.74 Å². The molecular formula is C10H8F3NO4. The number of hydrogen-bond acceptors (Lipinski definition) is 4. The molecule has 0 heterocycles. The van der Waals surface area contributed by atoms with Crippen molar-refractivity contribution >= 4 is 11.7 Å². The Morgan fingerprint density at radius 2 is 2.06 bits per heavy atom. The first-order valence-electron chi connectivity index (χ1n) is 4.80. The third-order valence-electron chi connectivity index (χ3n) is 2.02. The summed E-state index contributed by atoms with van der Waals surface area (Å²) in [5.41, 5.74) is -3.62.